The van der Waals surface area contributed by atoms with Crippen LogP contribution in [0.2, 0.25) is 5.02 Å². The maximum absolute atomic E-state index is 13.4. The van der Waals surface area contributed by atoms with Gasteiger partial charge in [-0.2, -0.15) is 0 Å². The van der Waals surface area contributed by atoms with E-state index in [1.54, 1.807) is 0 Å². The van der Waals surface area contributed by atoms with Crippen LogP contribution in [0.5, 0.6) is 0 Å². The summed E-state index contributed by atoms with van der Waals surface area (Å²) in [7, 11) is -3.80. The van der Waals surface area contributed by atoms with Crippen LogP contribution in [0.3, 0.4) is 0 Å². The van der Waals surface area contributed by atoms with Gasteiger partial charge in [0.25, 0.3) is 0 Å². The van der Waals surface area contributed by atoms with Gasteiger partial charge < -0.3 is 0 Å². The molecule has 1 rings (SSSR count). The molecule has 1 N–H and O–H groups in total. The smallest absolute Gasteiger partial charge is 0.211 e. The monoisotopic (exact) mass is 279 g/mol. The lowest BCUT2D eigenvalue weighted by atomic mass is 10.3. The van der Waals surface area contributed by atoms with Crippen molar-refractivity contribution >= 4 is 21.6 Å². The molecule has 1 aromatic carbocycles. The molecular weight excluding hydrogens is 265 g/mol. The third-order valence-electron chi connectivity index (χ3n) is 2.26. The van der Waals surface area contributed by atoms with E-state index in [-0.39, 0.29) is 5.02 Å². The number of nitrogens with one attached hydrogen (secondary N) is 1. The highest BCUT2D eigenvalue weighted by molar-refractivity contribution is 7.89. The minimum absolute atomic E-state index is 0.195. The fourth-order valence-electron chi connectivity index (χ4n) is 1.34. The molecule has 0 saturated heterocycles. The van der Waals surface area contributed by atoms with Gasteiger partial charge >= 0.3 is 0 Å². The van der Waals surface area contributed by atoms with Crippen LogP contribution in [-0.4, -0.2) is 15.0 Å². The van der Waals surface area contributed by atoms with E-state index >= 15 is 0 Å². The number of hydrogen-bond donors (Lipinski definition) is 1. The summed E-state index contributed by atoms with van der Waals surface area (Å²) in [5.41, 5.74) is 0. The summed E-state index contributed by atoms with van der Waals surface area (Å²) in [4.78, 5) is -0.401. The number of sulfonamides is 1. The Morgan fingerprint density at radius 1 is 1.35 bits per heavy atom. The second kappa shape index (κ2) is 6.33. The Morgan fingerprint density at radius 2 is 2.06 bits per heavy atom. The van der Waals surface area contributed by atoms with Crippen LogP contribution in [0.25, 0.3) is 0 Å². The molecule has 0 unspecified atom stereocenters. The van der Waals surface area contributed by atoms with Crippen LogP contribution in [0.1, 0.15) is 26.2 Å². The highest BCUT2D eigenvalue weighted by Gasteiger charge is 2.18. The Kier molecular flexibility index (Phi) is 5.36. The molecule has 3 nitrogen and oxygen atoms in total. The van der Waals surface area contributed by atoms with Crippen LogP contribution < -0.4 is 4.72 Å². The van der Waals surface area contributed by atoms with Crippen molar-refractivity contribution in [1.82, 2.24) is 4.72 Å². The van der Waals surface area contributed by atoms with Crippen molar-refractivity contribution < 1.29 is 12.8 Å². The normalized spacial score (nSPS) is 11.7. The van der Waals surface area contributed by atoms with Crippen LogP contribution in [0.15, 0.2) is 23.1 Å². The van der Waals surface area contributed by atoms with E-state index < -0.39 is 20.7 Å². The quantitative estimate of drug-likeness (QED) is 0.814. The Bertz CT molecular complexity index is 476. The second-order valence-corrected chi connectivity index (χ2v) is 5.85. The highest BCUT2D eigenvalue weighted by atomic mass is 35.5. The van der Waals surface area contributed by atoms with Gasteiger partial charge in [-0.15, -0.1) is 0 Å². The minimum Gasteiger partial charge on any atom is -0.211 e. The molecule has 0 heterocycles. The highest BCUT2D eigenvalue weighted by Crippen LogP contribution is 2.19. The van der Waals surface area contributed by atoms with Gasteiger partial charge in [0.1, 0.15) is 10.7 Å². The molecule has 1 aromatic rings. The van der Waals surface area contributed by atoms with Crippen molar-refractivity contribution in [3.05, 3.63) is 29.0 Å². The lowest BCUT2D eigenvalue weighted by Crippen LogP contribution is -2.25. The number of unbranched alkanes of at least 4 members (excludes halogenated alkanes) is 2. The zero-order valence-corrected chi connectivity index (χ0v) is 11.1. The molecule has 17 heavy (non-hydrogen) atoms. The lowest BCUT2D eigenvalue weighted by molar-refractivity contribution is 0.554. The molecule has 0 aliphatic carbocycles. The Balaban J connectivity index is 2.79. The first kappa shape index (κ1) is 14.4. The molecule has 0 bridgehead atoms. The molecule has 6 heteroatoms. The van der Waals surface area contributed by atoms with Crippen molar-refractivity contribution in [2.75, 3.05) is 6.54 Å². The predicted octanol–water partition coefficient (Wildman–Crippen LogP) is 2.95. The summed E-state index contributed by atoms with van der Waals surface area (Å²) < 4.78 is 39.2. The van der Waals surface area contributed by atoms with E-state index in [1.807, 2.05) is 6.92 Å². The third-order valence-corrected chi connectivity index (χ3v) is 3.97. The molecule has 0 atom stereocenters. The molecule has 0 fully saturated rings. The van der Waals surface area contributed by atoms with Gasteiger partial charge in [0, 0.05) is 11.6 Å². The second-order valence-electron chi connectivity index (χ2n) is 3.68. The van der Waals surface area contributed by atoms with Gasteiger partial charge in [0.2, 0.25) is 10.0 Å². The molecule has 0 aromatic heterocycles. The molecule has 0 spiro atoms. The van der Waals surface area contributed by atoms with E-state index in [2.05, 4.69) is 4.72 Å². The first-order chi connectivity index (χ1) is 7.97. The van der Waals surface area contributed by atoms with Crippen LogP contribution >= 0.6 is 11.6 Å². The number of benzene rings is 1. The summed E-state index contributed by atoms with van der Waals surface area (Å²) in [6.45, 7) is 2.33. The van der Waals surface area contributed by atoms with Gasteiger partial charge in [0.05, 0.1) is 0 Å². The minimum atomic E-state index is -3.80. The van der Waals surface area contributed by atoms with Gasteiger partial charge in [-0.05, 0) is 24.6 Å². The van der Waals surface area contributed by atoms with E-state index in [0.717, 1.165) is 31.4 Å². The maximum atomic E-state index is 13.4. The Morgan fingerprint density at radius 3 is 2.71 bits per heavy atom. The topological polar surface area (TPSA) is 46.2 Å². The van der Waals surface area contributed by atoms with E-state index in [4.69, 9.17) is 11.6 Å². The molecule has 0 aliphatic heterocycles. The Labute approximate surface area is 106 Å². The number of rotatable bonds is 6. The number of hydrogen-bond acceptors (Lipinski definition) is 2. The summed E-state index contributed by atoms with van der Waals surface area (Å²) in [6.07, 6.45) is 2.66. The van der Waals surface area contributed by atoms with Crippen molar-refractivity contribution in [2.24, 2.45) is 0 Å². The van der Waals surface area contributed by atoms with Crippen molar-refractivity contribution in [2.45, 2.75) is 31.1 Å². The summed E-state index contributed by atoms with van der Waals surface area (Å²) in [5, 5.41) is 0.195. The van der Waals surface area contributed by atoms with Gasteiger partial charge in [-0.3, -0.25) is 0 Å². The van der Waals surface area contributed by atoms with Gasteiger partial charge in [0.15, 0.2) is 0 Å². The van der Waals surface area contributed by atoms with Crippen LogP contribution in [0.4, 0.5) is 4.39 Å². The van der Waals surface area contributed by atoms with E-state index in [1.165, 1.54) is 6.07 Å². The SMILES string of the molecule is CCCCCNS(=O)(=O)c1cc(Cl)ccc1F. The summed E-state index contributed by atoms with van der Waals surface area (Å²) >= 11 is 5.65. The lowest BCUT2D eigenvalue weighted by Gasteiger charge is -2.07. The molecule has 0 radical (unpaired) electrons. The largest absolute Gasteiger partial charge is 0.243 e. The van der Waals surface area contributed by atoms with Crippen LogP contribution in [-0.2, 0) is 10.0 Å². The van der Waals surface area contributed by atoms with E-state index in [9.17, 15) is 12.8 Å². The zero-order chi connectivity index (χ0) is 12.9. The van der Waals surface area contributed by atoms with Crippen molar-refractivity contribution in [3.8, 4) is 0 Å². The molecule has 0 amide bonds. The first-order valence-electron chi connectivity index (χ1n) is 5.42. The summed E-state index contributed by atoms with van der Waals surface area (Å²) in [6, 6.07) is 3.47. The van der Waals surface area contributed by atoms with Gasteiger partial charge in [-0.1, -0.05) is 31.4 Å². The van der Waals surface area contributed by atoms with Crippen LogP contribution in [0, 0.1) is 5.82 Å². The zero-order valence-electron chi connectivity index (χ0n) is 9.54. The van der Waals surface area contributed by atoms with Crippen molar-refractivity contribution in [3.63, 3.8) is 0 Å². The number of halogens is 2. The summed E-state index contributed by atoms with van der Waals surface area (Å²) in [5.74, 6) is -0.794. The molecular formula is C11H15ClFNO2S. The predicted molar refractivity (Wildman–Crippen MR) is 66.1 cm³/mol. The van der Waals surface area contributed by atoms with E-state index in [0.29, 0.717) is 6.54 Å². The molecule has 0 saturated carbocycles. The molecule has 96 valence electrons. The third kappa shape index (κ3) is 4.26. The fourth-order valence-corrected chi connectivity index (χ4v) is 2.75. The first-order valence-corrected chi connectivity index (χ1v) is 7.28. The fraction of sp³-hybridized carbons (Fsp3) is 0.455. The van der Waals surface area contributed by atoms with Crippen molar-refractivity contribution in [1.29, 1.82) is 0 Å². The standard InChI is InChI=1S/C11H15ClFNO2S/c1-2-3-4-7-14-17(15,16)11-8-9(12)5-6-10(11)13/h5-6,8,14H,2-4,7H2,1H3. The maximum Gasteiger partial charge on any atom is 0.243 e. The average molecular weight is 280 g/mol. The average Bonchev–Trinajstić information content (AvgIpc) is 2.28. The van der Waals surface area contributed by atoms with Gasteiger partial charge in [-0.25, -0.2) is 17.5 Å². The Hall–Kier alpha value is -0.650. The molecule has 0 aliphatic rings.